The summed E-state index contributed by atoms with van der Waals surface area (Å²) in [7, 11) is 1.83. The summed E-state index contributed by atoms with van der Waals surface area (Å²) in [6.07, 6.45) is 1.88. The van der Waals surface area contributed by atoms with Crippen LogP contribution in [0.2, 0.25) is 0 Å². The molecule has 0 saturated heterocycles. The van der Waals surface area contributed by atoms with E-state index in [1.807, 2.05) is 12.4 Å². The lowest BCUT2D eigenvalue weighted by Crippen LogP contribution is -2.07. The first kappa shape index (κ1) is 16.3. The van der Waals surface area contributed by atoms with Crippen molar-refractivity contribution in [2.45, 2.75) is 13.3 Å². The van der Waals surface area contributed by atoms with Crippen molar-refractivity contribution in [1.82, 2.24) is 14.8 Å². The maximum absolute atomic E-state index is 13.2. The van der Waals surface area contributed by atoms with Gasteiger partial charge in [0.2, 0.25) is 0 Å². The molecule has 0 amide bonds. The predicted octanol–water partition coefficient (Wildman–Crippen LogP) is 3.46. The highest BCUT2D eigenvalue weighted by Gasteiger charge is 2.17. The van der Waals surface area contributed by atoms with Crippen molar-refractivity contribution < 1.29 is 13.9 Å². The number of hydrogen-bond acceptors (Lipinski definition) is 5. The normalized spacial score (nSPS) is 10.8. The molecule has 1 aromatic carbocycles. The van der Waals surface area contributed by atoms with Crippen LogP contribution in [-0.2, 0) is 23.0 Å². The molecule has 0 aliphatic rings. The largest absolute Gasteiger partial charge is 0.466 e. The van der Waals surface area contributed by atoms with Gasteiger partial charge in [0, 0.05) is 18.0 Å². The van der Waals surface area contributed by atoms with E-state index < -0.39 is 0 Å². The molecule has 3 aromatic rings. The summed E-state index contributed by atoms with van der Waals surface area (Å²) in [6.45, 7) is 2.13. The van der Waals surface area contributed by atoms with E-state index in [-0.39, 0.29) is 18.2 Å². The first-order valence-corrected chi connectivity index (χ1v) is 8.34. The van der Waals surface area contributed by atoms with Gasteiger partial charge >= 0.3 is 5.97 Å². The van der Waals surface area contributed by atoms with Crippen LogP contribution >= 0.6 is 11.3 Å². The summed E-state index contributed by atoms with van der Waals surface area (Å²) in [4.78, 5) is 16.1. The van der Waals surface area contributed by atoms with Crippen LogP contribution in [0.4, 0.5) is 4.39 Å². The number of halogens is 1. The summed E-state index contributed by atoms with van der Waals surface area (Å²) < 4.78 is 19.8. The summed E-state index contributed by atoms with van der Waals surface area (Å²) in [5.74, 6) is -0.576. The highest BCUT2D eigenvalue weighted by Crippen LogP contribution is 2.33. The van der Waals surface area contributed by atoms with Crippen LogP contribution in [-0.4, -0.2) is 27.3 Å². The minimum absolute atomic E-state index is 0.149. The van der Waals surface area contributed by atoms with E-state index in [2.05, 4.69) is 10.1 Å². The Morgan fingerprint density at radius 1 is 1.33 bits per heavy atom. The molecule has 3 rings (SSSR count). The molecule has 0 N–H and O–H groups in total. The quantitative estimate of drug-likeness (QED) is 0.665. The van der Waals surface area contributed by atoms with Gasteiger partial charge in [-0.05, 0) is 31.2 Å². The van der Waals surface area contributed by atoms with Crippen LogP contribution in [0.15, 0.2) is 35.8 Å². The van der Waals surface area contributed by atoms with Gasteiger partial charge in [-0.2, -0.15) is 5.10 Å². The number of ether oxygens (including phenoxy) is 1. The number of benzene rings is 1. The van der Waals surface area contributed by atoms with E-state index in [4.69, 9.17) is 4.74 Å². The topological polar surface area (TPSA) is 57.0 Å². The fourth-order valence-corrected chi connectivity index (χ4v) is 3.25. The molecule has 2 aromatic heterocycles. The molecule has 0 radical (unpaired) electrons. The Balaban J connectivity index is 1.92. The number of carbonyl (C=O) groups is 1. The van der Waals surface area contributed by atoms with Gasteiger partial charge in [-0.3, -0.25) is 9.48 Å². The molecular formula is C17H16FN3O2S. The SMILES string of the molecule is CCOC(=O)Cc1csc(-c2cnn(C)c2-c2ccc(F)cc2)n1. The predicted molar refractivity (Wildman–Crippen MR) is 90.0 cm³/mol. The number of thiazole rings is 1. The van der Waals surface area contributed by atoms with Gasteiger partial charge in [0.25, 0.3) is 0 Å². The summed E-state index contributed by atoms with van der Waals surface area (Å²) >= 11 is 1.44. The lowest BCUT2D eigenvalue weighted by Gasteiger charge is -2.05. The van der Waals surface area contributed by atoms with Crippen molar-refractivity contribution in [3.05, 3.63) is 47.4 Å². The molecule has 0 aliphatic heterocycles. The van der Waals surface area contributed by atoms with Crippen molar-refractivity contribution >= 4 is 17.3 Å². The van der Waals surface area contributed by atoms with E-state index in [1.54, 1.807) is 29.9 Å². The third-order valence-electron chi connectivity index (χ3n) is 3.47. The Morgan fingerprint density at radius 3 is 2.79 bits per heavy atom. The van der Waals surface area contributed by atoms with E-state index in [1.165, 1.54) is 23.5 Å². The zero-order valence-corrected chi connectivity index (χ0v) is 14.1. The molecule has 24 heavy (non-hydrogen) atoms. The van der Waals surface area contributed by atoms with E-state index in [0.29, 0.717) is 12.3 Å². The van der Waals surface area contributed by atoms with Crippen LogP contribution in [0.1, 0.15) is 12.6 Å². The van der Waals surface area contributed by atoms with Gasteiger partial charge in [0.15, 0.2) is 0 Å². The molecule has 0 spiro atoms. The number of hydrogen-bond donors (Lipinski definition) is 0. The lowest BCUT2D eigenvalue weighted by atomic mass is 10.1. The summed E-state index contributed by atoms with van der Waals surface area (Å²) in [5, 5.41) is 6.90. The standard InChI is InChI=1S/C17H16FN3O2S/c1-3-23-15(22)8-13-10-24-17(20-13)14-9-19-21(2)16(14)11-4-6-12(18)7-5-11/h4-7,9-10H,3,8H2,1-2H3. The van der Waals surface area contributed by atoms with Gasteiger partial charge in [-0.15, -0.1) is 11.3 Å². The maximum atomic E-state index is 13.2. The van der Waals surface area contributed by atoms with Crippen molar-refractivity contribution in [2.75, 3.05) is 6.61 Å². The van der Waals surface area contributed by atoms with Crippen LogP contribution in [0.3, 0.4) is 0 Å². The lowest BCUT2D eigenvalue weighted by molar-refractivity contribution is -0.142. The second-order valence-corrected chi connectivity index (χ2v) is 6.02. The van der Waals surface area contributed by atoms with Gasteiger partial charge < -0.3 is 4.74 Å². The van der Waals surface area contributed by atoms with Crippen molar-refractivity contribution in [3.8, 4) is 21.8 Å². The highest BCUT2D eigenvalue weighted by molar-refractivity contribution is 7.13. The summed E-state index contributed by atoms with van der Waals surface area (Å²) in [6, 6.07) is 6.26. The monoisotopic (exact) mass is 345 g/mol. The molecule has 5 nitrogen and oxygen atoms in total. The Hall–Kier alpha value is -2.54. The zero-order valence-electron chi connectivity index (χ0n) is 13.3. The Bertz CT molecular complexity index is 855. The minimum atomic E-state index is -0.292. The highest BCUT2D eigenvalue weighted by atomic mass is 32.1. The third kappa shape index (κ3) is 3.35. The number of aromatic nitrogens is 3. The maximum Gasteiger partial charge on any atom is 0.311 e. The molecule has 0 unspecified atom stereocenters. The van der Waals surface area contributed by atoms with E-state index in [9.17, 15) is 9.18 Å². The van der Waals surface area contributed by atoms with Crippen LogP contribution < -0.4 is 0 Å². The fourth-order valence-electron chi connectivity index (χ4n) is 2.42. The molecule has 0 saturated carbocycles. The molecule has 0 fully saturated rings. The van der Waals surface area contributed by atoms with Crippen LogP contribution in [0.25, 0.3) is 21.8 Å². The molecule has 2 heterocycles. The second kappa shape index (κ2) is 6.92. The Morgan fingerprint density at radius 2 is 2.08 bits per heavy atom. The first-order valence-electron chi connectivity index (χ1n) is 7.46. The molecule has 7 heteroatoms. The Kier molecular flexibility index (Phi) is 4.71. The number of rotatable bonds is 5. The number of aryl methyl sites for hydroxylation is 1. The smallest absolute Gasteiger partial charge is 0.311 e. The number of esters is 1. The van der Waals surface area contributed by atoms with Crippen LogP contribution in [0, 0.1) is 5.82 Å². The average Bonchev–Trinajstić information content (AvgIpc) is 3.15. The van der Waals surface area contributed by atoms with Crippen LogP contribution in [0.5, 0.6) is 0 Å². The minimum Gasteiger partial charge on any atom is -0.466 e. The molecule has 0 aliphatic carbocycles. The Labute approximate surface area is 142 Å². The third-order valence-corrected chi connectivity index (χ3v) is 4.39. The number of nitrogens with zero attached hydrogens (tertiary/aromatic N) is 3. The molecule has 124 valence electrons. The first-order chi connectivity index (χ1) is 11.6. The van der Waals surface area contributed by atoms with Gasteiger partial charge in [-0.1, -0.05) is 0 Å². The van der Waals surface area contributed by atoms with E-state index in [0.717, 1.165) is 21.8 Å². The average molecular weight is 345 g/mol. The fraction of sp³-hybridized carbons (Fsp3) is 0.235. The molecule has 0 atom stereocenters. The van der Waals surface area contributed by atoms with Crippen molar-refractivity contribution in [1.29, 1.82) is 0 Å². The van der Waals surface area contributed by atoms with Crippen molar-refractivity contribution in [2.24, 2.45) is 7.05 Å². The zero-order chi connectivity index (χ0) is 17.1. The van der Waals surface area contributed by atoms with Gasteiger partial charge in [0.1, 0.15) is 10.8 Å². The second-order valence-electron chi connectivity index (χ2n) is 5.16. The van der Waals surface area contributed by atoms with E-state index >= 15 is 0 Å². The van der Waals surface area contributed by atoms with Crippen molar-refractivity contribution in [3.63, 3.8) is 0 Å². The van der Waals surface area contributed by atoms with Gasteiger partial charge in [-0.25, -0.2) is 9.37 Å². The molecular weight excluding hydrogens is 329 g/mol. The summed E-state index contributed by atoms with van der Waals surface area (Å²) in [5.41, 5.74) is 3.23. The molecule has 0 bridgehead atoms. The number of carbonyl (C=O) groups excluding carboxylic acids is 1. The van der Waals surface area contributed by atoms with Gasteiger partial charge in [0.05, 0.1) is 36.2 Å².